The van der Waals surface area contributed by atoms with E-state index in [-0.39, 0.29) is 23.7 Å². The van der Waals surface area contributed by atoms with Crippen LogP contribution in [0.5, 0.6) is 11.5 Å². The maximum atomic E-state index is 13.2. The zero-order chi connectivity index (χ0) is 24.1. The maximum Gasteiger partial charge on any atom is 0.246 e. The summed E-state index contributed by atoms with van der Waals surface area (Å²) in [5.41, 5.74) is 3.67. The standard InChI is InChI=1S/C28H32N2O5/c1-15-18-13-20-28(33)9-7-19(30(2)21(31)6-3-16-8-12-34-14-16)26-27(28,10-11-29-20)23(18)25(35-26)24(32)22(15)17-4-5-17/h3,6,8,12,14,17,19-20,26,29,32-33H,4-5,7,9-11,13H2,1-2H3/b6-3+/t19-,20-,26+,27+,28-/m1/s1. The predicted octanol–water partition coefficient (Wildman–Crippen LogP) is 3.15. The Morgan fingerprint density at radius 3 is 2.86 bits per heavy atom. The molecule has 2 bridgehead atoms. The molecular weight excluding hydrogens is 444 g/mol. The molecule has 1 aromatic heterocycles. The van der Waals surface area contributed by atoms with E-state index in [0.29, 0.717) is 24.5 Å². The Hall–Kier alpha value is -2.77. The largest absolute Gasteiger partial charge is 0.504 e. The Kier molecular flexibility index (Phi) is 4.39. The Morgan fingerprint density at radius 2 is 2.11 bits per heavy atom. The molecule has 0 unspecified atom stereocenters. The average molecular weight is 477 g/mol. The number of aromatic hydroxyl groups is 1. The first-order valence-corrected chi connectivity index (χ1v) is 12.8. The maximum absolute atomic E-state index is 13.2. The fourth-order valence-electron chi connectivity index (χ4n) is 7.84. The van der Waals surface area contributed by atoms with Crippen molar-refractivity contribution in [3.05, 3.63) is 52.5 Å². The van der Waals surface area contributed by atoms with E-state index in [0.717, 1.165) is 54.5 Å². The van der Waals surface area contributed by atoms with Crippen molar-refractivity contribution in [1.82, 2.24) is 10.2 Å². The van der Waals surface area contributed by atoms with Gasteiger partial charge in [-0.25, -0.2) is 0 Å². The first kappa shape index (κ1) is 21.5. The number of ether oxygens (including phenoxy) is 1. The summed E-state index contributed by atoms with van der Waals surface area (Å²) in [7, 11) is 1.82. The molecule has 1 amide bonds. The molecule has 7 nitrogen and oxygen atoms in total. The van der Waals surface area contributed by atoms with Crippen LogP contribution in [0.3, 0.4) is 0 Å². The molecule has 5 aliphatic rings. The highest BCUT2D eigenvalue weighted by molar-refractivity contribution is 5.92. The van der Waals surface area contributed by atoms with E-state index in [4.69, 9.17) is 9.15 Å². The minimum absolute atomic E-state index is 0.0564. The number of piperidine rings is 1. The fourth-order valence-corrected chi connectivity index (χ4v) is 7.84. The minimum atomic E-state index is -0.971. The van der Waals surface area contributed by atoms with Gasteiger partial charge in [0.15, 0.2) is 11.5 Å². The summed E-state index contributed by atoms with van der Waals surface area (Å²) >= 11 is 0. The number of phenolic OH excluding ortho intramolecular Hbond substituents is 1. The molecule has 0 radical (unpaired) electrons. The number of furan rings is 1. The molecule has 1 aromatic carbocycles. The van der Waals surface area contributed by atoms with Crippen molar-refractivity contribution < 1.29 is 24.2 Å². The summed E-state index contributed by atoms with van der Waals surface area (Å²) < 4.78 is 11.8. The Balaban J connectivity index is 1.34. The van der Waals surface area contributed by atoms with E-state index in [1.165, 1.54) is 5.56 Å². The van der Waals surface area contributed by atoms with E-state index in [2.05, 4.69) is 12.2 Å². The van der Waals surface area contributed by atoms with Gasteiger partial charge in [-0.2, -0.15) is 0 Å². The van der Waals surface area contributed by atoms with Crippen LogP contribution in [0.15, 0.2) is 29.1 Å². The van der Waals surface area contributed by atoms with Gasteiger partial charge in [-0.15, -0.1) is 0 Å². The van der Waals surface area contributed by atoms with Gasteiger partial charge in [0.2, 0.25) is 5.91 Å². The quantitative estimate of drug-likeness (QED) is 0.587. The van der Waals surface area contributed by atoms with Crippen LogP contribution < -0.4 is 10.1 Å². The molecular formula is C28H32N2O5. The summed E-state index contributed by atoms with van der Waals surface area (Å²) in [5.74, 6) is 1.11. The number of amides is 1. The second kappa shape index (κ2) is 7.14. The smallest absolute Gasteiger partial charge is 0.246 e. The topological polar surface area (TPSA) is 95.2 Å². The van der Waals surface area contributed by atoms with Gasteiger partial charge in [-0.3, -0.25) is 4.79 Å². The lowest BCUT2D eigenvalue weighted by atomic mass is 9.48. The summed E-state index contributed by atoms with van der Waals surface area (Å²) in [4.78, 5) is 15.0. The minimum Gasteiger partial charge on any atom is -0.504 e. The fraction of sp³-hybridized carbons (Fsp3) is 0.536. The van der Waals surface area contributed by atoms with E-state index in [1.54, 1.807) is 29.6 Å². The van der Waals surface area contributed by atoms with Gasteiger partial charge in [0.1, 0.15) is 6.10 Å². The molecule has 3 heterocycles. The molecule has 3 aliphatic carbocycles. The second-order valence-electron chi connectivity index (χ2n) is 11.2. The first-order chi connectivity index (χ1) is 16.9. The highest BCUT2D eigenvalue weighted by Crippen LogP contribution is 2.67. The Morgan fingerprint density at radius 1 is 1.29 bits per heavy atom. The zero-order valence-corrected chi connectivity index (χ0v) is 20.2. The molecule has 2 saturated carbocycles. The third-order valence-electron chi connectivity index (χ3n) is 9.66. The summed E-state index contributed by atoms with van der Waals surface area (Å²) in [6, 6.07) is 1.54. The molecule has 1 spiro atoms. The molecule has 35 heavy (non-hydrogen) atoms. The first-order valence-electron chi connectivity index (χ1n) is 12.8. The van der Waals surface area contributed by atoms with Crippen molar-refractivity contribution in [2.45, 2.75) is 80.6 Å². The summed E-state index contributed by atoms with van der Waals surface area (Å²) in [5, 5.41) is 27.4. The van der Waals surface area contributed by atoms with Crippen molar-refractivity contribution in [2.24, 2.45) is 0 Å². The number of aliphatic hydroxyl groups is 1. The van der Waals surface area contributed by atoms with Crippen molar-refractivity contribution in [3.8, 4) is 11.5 Å². The van der Waals surface area contributed by atoms with Crippen molar-refractivity contribution >= 4 is 12.0 Å². The monoisotopic (exact) mass is 476 g/mol. The van der Waals surface area contributed by atoms with Gasteiger partial charge in [0.05, 0.1) is 29.6 Å². The van der Waals surface area contributed by atoms with Crippen LogP contribution >= 0.6 is 0 Å². The molecule has 5 atom stereocenters. The van der Waals surface area contributed by atoms with Gasteiger partial charge >= 0.3 is 0 Å². The number of carbonyl (C=O) groups is 1. The third-order valence-corrected chi connectivity index (χ3v) is 9.66. The molecule has 3 N–H and O–H groups in total. The van der Waals surface area contributed by atoms with Crippen LogP contribution in [0.2, 0.25) is 0 Å². The van der Waals surface area contributed by atoms with Crippen LogP contribution in [-0.2, 0) is 16.6 Å². The normalized spacial score (nSPS) is 34.5. The Labute approximate surface area is 204 Å². The number of hydrogen-bond donors (Lipinski definition) is 3. The molecule has 3 fully saturated rings. The number of benzene rings is 1. The number of likely N-dealkylation sites (N-methyl/N-ethyl adjacent to an activating group) is 1. The zero-order valence-electron chi connectivity index (χ0n) is 20.2. The average Bonchev–Trinajstić information content (AvgIpc) is 3.40. The van der Waals surface area contributed by atoms with Crippen LogP contribution in [0.1, 0.15) is 65.8 Å². The Bertz CT molecular complexity index is 1250. The van der Waals surface area contributed by atoms with Crippen LogP contribution in [0.25, 0.3) is 6.08 Å². The lowest BCUT2D eigenvalue weighted by Crippen LogP contribution is -2.77. The van der Waals surface area contributed by atoms with Crippen LogP contribution in [0, 0.1) is 6.92 Å². The highest BCUT2D eigenvalue weighted by atomic mass is 16.5. The number of phenols is 1. The molecule has 2 aliphatic heterocycles. The SMILES string of the molecule is Cc1c2c3c(c(O)c1C1CC1)O[C@H]1[C@H](N(C)C(=O)/C=C/c4ccoc4)CC[C@@]4(O)[C@@H](C2)NCC[C@]314. The molecule has 7 rings (SSSR count). The number of nitrogens with one attached hydrogen (secondary N) is 1. The molecule has 184 valence electrons. The number of rotatable bonds is 4. The van der Waals surface area contributed by atoms with E-state index in [1.807, 2.05) is 13.1 Å². The van der Waals surface area contributed by atoms with Crippen LogP contribution in [0.4, 0.5) is 0 Å². The van der Waals surface area contributed by atoms with Gasteiger partial charge in [-0.05, 0) is 81.2 Å². The van der Waals surface area contributed by atoms with Gasteiger partial charge in [-0.1, -0.05) is 0 Å². The second-order valence-corrected chi connectivity index (χ2v) is 11.2. The number of carbonyl (C=O) groups excluding carboxylic acids is 1. The number of hydrogen-bond acceptors (Lipinski definition) is 6. The lowest BCUT2D eigenvalue weighted by Gasteiger charge is -2.62. The van der Waals surface area contributed by atoms with Crippen molar-refractivity contribution in [3.63, 3.8) is 0 Å². The molecule has 2 aromatic rings. The molecule has 7 heteroatoms. The van der Waals surface area contributed by atoms with E-state index < -0.39 is 17.1 Å². The highest BCUT2D eigenvalue weighted by Gasteiger charge is 2.72. The van der Waals surface area contributed by atoms with Gasteiger partial charge < -0.3 is 29.6 Å². The van der Waals surface area contributed by atoms with E-state index in [9.17, 15) is 15.0 Å². The summed E-state index contributed by atoms with van der Waals surface area (Å²) in [6.45, 7) is 2.91. The molecule has 1 saturated heterocycles. The van der Waals surface area contributed by atoms with E-state index >= 15 is 0 Å². The van der Waals surface area contributed by atoms with Crippen molar-refractivity contribution in [2.75, 3.05) is 13.6 Å². The predicted molar refractivity (Wildman–Crippen MR) is 130 cm³/mol. The van der Waals surface area contributed by atoms with Crippen LogP contribution in [-0.4, -0.2) is 58.4 Å². The lowest BCUT2D eigenvalue weighted by molar-refractivity contribution is -0.172. The van der Waals surface area contributed by atoms with Gasteiger partial charge in [0.25, 0.3) is 0 Å². The van der Waals surface area contributed by atoms with Crippen molar-refractivity contribution in [1.29, 1.82) is 0 Å². The van der Waals surface area contributed by atoms with Gasteiger partial charge in [0, 0.05) is 35.9 Å². The summed E-state index contributed by atoms with van der Waals surface area (Å²) in [6.07, 6.45) is 11.0. The third kappa shape index (κ3) is 2.66. The number of nitrogens with zero attached hydrogens (tertiary/aromatic N) is 1.